The fraction of sp³-hybridized carbons (Fsp3) is 0.500. The van der Waals surface area contributed by atoms with E-state index in [1.54, 1.807) is 0 Å². The van der Waals surface area contributed by atoms with Crippen LogP contribution in [0.5, 0.6) is 0 Å². The Kier molecular flexibility index (Phi) is 6.10. The summed E-state index contributed by atoms with van der Waals surface area (Å²) in [4.78, 5) is 11.6. The summed E-state index contributed by atoms with van der Waals surface area (Å²) in [5.41, 5.74) is 4.00. The molecule has 3 heterocycles. The fourth-order valence-electron chi connectivity index (χ4n) is 4.91. The fourth-order valence-corrected chi connectivity index (χ4v) is 5.22. The molecule has 2 aliphatic rings. The maximum Gasteiger partial charge on any atom is 0.156 e. The van der Waals surface area contributed by atoms with E-state index >= 15 is 0 Å². The van der Waals surface area contributed by atoms with Crippen molar-refractivity contribution in [1.82, 2.24) is 4.98 Å². The summed E-state index contributed by atoms with van der Waals surface area (Å²) in [6.07, 6.45) is 5.74. The Balaban J connectivity index is 1.68. The van der Waals surface area contributed by atoms with Gasteiger partial charge in [-0.2, -0.15) is 5.26 Å². The molecule has 0 radical (unpaired) electrons. The molecule has 1 aromatic heterocycles. The molecule has 30 heavy (non-hydrogen) atoms. The Morgan fingerprint density at radius 3 is 2.83 bits per heavy atom. The van der Waals surface area contributed by atoms with Gasteiger partial charge in [0.25, 0.3) is 0 Å². The minimum atomic E-state index is -0.114. The molecular weight excluding hydrogens is 390 g/mol. The van der Waals surface area contributed by atoms with Crippen LogP contribution in [0, 0.1) is 23.2 Å². The van der Waals surface area contributed by atoms with Crippen LogP contribution in [0.4, 0.5) is 17.2 Å². The summed E-state index contributed by atoms with van der Waals surface area (Å²) >= 11 is 4.91. The number of aromatic nitrogens is 1. The van der Waals surface area contributed by atoms with Crippen molar-refractivity contribution in [3.05, 3.63) is 47.7 Å². The number of nitriles is 1. The first kappa shape index (κ1) is 20.9. The quantitative estimate of drug-likeness (QED) is 0.697. The first-order chi connectivity index (χ1) is 14.5. The van der Waals surface area contributed by atoms with Gasteiger partial charge >= 0.3 is 0 Å². The molecule has 0 saturated carbocycles. The normalized spacial score (nSPS) is 21.1. The third-order valence-corrected chi connectivity index (χ3v) is 6.90. The lowest BCUT2D eigenvalue weighted by molar-refractivity contribution is 0.347. The summed E-state index contributed by atoms with van der Waals surface area (Å²) in [6.45, 7) is 7.44. The van der Waals surface area contributed by atoms with Crippen molar-refractivity contribution in [3.63, 3.8) is 0 Å². The van der Waals surface area contributed by atoms with E-state index in [9.17, 15) is 5.26 Å². The van der Waals surface area contributed by atoms with Gasteiger partial charge < -0.3 is 14.7 Å². The number of thiol groups is 1. The van der Waals surface area contributed by atoms with E-state index in [0.29, 0.717) is 6.54 Å². The molecule has 2 aliphatic heterocycles. The third-order valence-electron chi connectivity index (χ3n) is 6.27. The molecule has 0 N–H and O–H groups in total. The van der Waals surface area contributed by atoms with Crippen molar-refractivity contribution in [2.75, 3.05) is 34.8 Å². The first-order valence-electron chi connectivity index (χ1n) is 10.9. The number of hydrogen-bond acceptors (Lipinski definition) is 6. The Labute approximate surface area is 185 Å². The number of anilines is 3. The predicted molar refractivity (Wildman–Crippen MR) is 127 cm³/mol. The molecule has 1 fully saturated rings. The minimum Gasteiger partial charge on any atom is -0.369 e. The van der Waals surface area contributed by atoms with E-state index in [0.717, 1.165) is 47.6 Å². The smallest absolute Gasteiger partial charge is 0.156 e. The zero-order valence-electron chi connectivity index (χ0n) is 18.1. The second kappa shape index (κ2) is 8.77. The van der Waals surface area contributed by atoms with Crippen LogP contribution in [-0.4, -0.2) is 30.6 Å². The highest BCUT2D eigenvalue weighted by molar-refractivity contribution is 7.81. The van der Waals surface area contributed by atoms with Crippen molar-refractivity contribution in [3.8, 4) is 6.07 Å². The number of benzene rings is 1. The molecule has 2 unspecified atom stereocenters. The maximum absolute atomic E-state index is 9.55. The highest BCUT2D eigenvalue weighted by Gasteiger charge is 2.36. The molecular formula is C24H31N5S. The Bertz CT molecular complexity index is 937. The van der Waals surface area contributed by atoms with Crippen LogP contribution < -0.4 is 14.7 Å². The van der Waals surface area contributed by atoms with Crippen molar-refractivity contribution < 1.29 is 0 Å². The number of nitrogens with zero attached hydrogens (tertiary/aromatic N) is 5. The van der Waals surface area contributed by atoms with Crippen LogP contribution >= 0.6 is 12.6 Å². The van der Waals surface area contributed by atoms with E-state index < -0.39 is 0 Å². The van der Waals surface area contributed by atoms with Crippen LogP contribution in [-0.2, 0) is 6.54 Å². The molecule has 0 bridgehead atoms. The third kappa shape index (κ3) is 3.96. The van der Waals surface area contributed by atoms with Gasteiger partial charge in [0.15, 0.2) is 5.82 Å². The summed E-state index contributed by atoms with van der Waals surface area (Å²) in [7, 11) is 2.04. The molecule has 2 atom stereocenters. The van der Waals surface area contributed by atoms with Crippen molar-refractivity contribution >= 4 is 29.8 Å². The lowest BCUT2D eigenvalue weighted by atomic mass is 9.89. The number of pyridine rings is 1. The van der Waals surface area contributed by atoms with Gasteiger partial charge in [0.2, 0.25) is 0 Å². The van der Waals surface area contributed by atoms with Gasteiger partial charge in [0.1, 0.15) is 11.2 Å². The first-order valence-corrected chi connectivity index (χ1v) is 11.4. The van der Waals surface area contributed by atoms with Gasteiger partial charge in [-0.25, -0.2) is 4.98 Å². The van der Waals surface area contributed by atoms with Gasteiger partial charge in [-0.05, 0) is 48.8 Å². The average molecular weight is 422 g/mol. The minimum absolute atomic E-state index is 0.114. The second-order valence-corrected chi connectivity index (χ2v) is 9.40. The lowest BCUT2D eigenvalue weighted by Gasteiger charge is -2.37. The van der Waals surface area contributed by atoms with Gasteiger partial charge in [-0.15, -0.1) is 12.6 Å². The van der Waals surface area contributed by atoms with Gasteiger partial charge in [-0.1, -0.05) is 32.0 Å². The van der Waals surface area contributed by atoms with E-state index in [2.05, 4.69) is 40.7 Å². The van der Waals surface area contributed by atoms with Gasteiger partial charge in [0, 0.05) is 32.9 Å². The van der Waals surface area contributed by atoms with Crippen molar-refractivity contribution in [2.24, 2.45) is 11.8 Å². The SMILES string of the molecule is CC(C)CC1CCCN(c2ccnc3c2N(Cc2ccccc2C#N)C(S)N3C)C1. The largest absolute Gasteiger partial charge is 0.369 e. The molecule has 158 valence electrons. The molecule has 1 saturated heterocycles. The zero-order valence-corrected chi connectivity index (χ0v) is 19.0. The lowest BCUT2D eigenvalue weighted by Crippen LogP contribution is -2.39. The molecule has 5 nitrogen and oxygen atoms in total. The topological polar surface area (TPSA) is 46.4 Å². The Morgan fingerprint density at radius 2 is 2.07 bits per heavy atom. The molecule has 4 rings (SSSR count). The molecule has 6 heteroatoms. The molecule has 0 amide bonds. The average Bonchev–Trinajstić information content (AvgIpc) is 2.99. The number of hydrogen-bond donors (Lipinski definition) is 1. The molecule has 0 aliphatic carbocycles. The van der Waals surface area contributed by atoms with E-state index in [1.165, 1.54) is 24.9 Å². The molecule has 1 aromatic carbocycles. The van der Waals surface area contributed by atoms with Gasteiger partial charge in [0.05, 0.1) is 17.3 Å². The number of fused-ring (bicyclic) bond motifs is 1. The number of piperidine rings is 1. The predicted octanol–water partition coefficient (Wildman–Crippen LogP) is 4.89. The van der Waals surface area contributed by atoms with Gasteiger partial charge in [-0.3, -0.25) is 0 Å². The monoisotopic (exact) mass is 421 g/mol. The summed E-state index contributed by atoms with van der Waals surface area (Å²) < 4.78 is 0. The highest BCUT2D eigenvalue weighted by atomic mass is 32.1. The highest BCUT2D eigenvalue weighted by Crippen LogP contribution is 2.46. The van der Waals surface area contributed by atoms with Crippen LogP contribution in [0.2, 0.25) is 0 Å². The summed E-state index contributed by atoms with van der Waals surface area (Å²) in [5.74, 6) is 2.43. The number of rotatable bonds is 5. The van der Waals surface area contributed by atoms with E-state index in [-0.39, 0.29) is 5.50 Å². The zero-order chi connectivity index (χ0) is 21.3. The van der Waals surface area contributed by atoms with Crippen molar-refractivity contribution in [1.29, 1.82) is 5.26 Å². The standard InChI is InChI=1S/C24H31N5S/c1-17(2)13-18-7-6-12-28(15-18)21-10-11-26-23-22(21)29(24(30)27(23)3)16-20-9-5-4-8-19(20)14-25/h4-5,8-11,17-18,24,30H,6-7,12-13,15-16H2,1-3H3. The van der Waals surface area contributed by atoms with Crippen LogP contribution in [0.1, 0.15) is 44.2 Å². The molecule has 0 spiro atoms. The second-order valence-electron chi connectivity index (χ2n) is 8.94. The maximum atomic E-state index is 9.55. The van der Waals surface area contributed by atoms with Crippen LogP contribution in [0.25, 0.3) is 0 Å². The summed E-state index contributed by atoms with van der Waals surface area (Å²) in [6, 6.07) is 12.3. The Hall–Kier alpha value is -2.39. The Morgan fingerprint density at radius 1 is 1.27 bits per heavy atom. The van der Waals surface area contributed by atoms with Crippen LogP contribution in [0.3, 0.4) is 0 Å². The molecule has 2 aromatic rings. The van der Waals surface area contributed by atoms with E-state index in [4.69, 9.17) is 17.6 Å². The summed E-state index contributed by atoms with van der Waals surface area (Å²) in [5, 5.41) is 9.55. The van der Waals surface area contributed by atoms with Crippen LogP contribution in [0.15, 0.2) is 36.5 Å². The van der Waals surface area contributed by atoms with E-state index in [1.807, 2.05) is 37.5 Å². The van der Waals surface area contributed by atoms with Crippen molar-refractivity contribution in [2.45, 2.75) is 45.2 Å².